The highest BCUT2D eigenvalue weighted by Crippen LogP contribution is 2.40. The van der Waals surface area contributed by atoms with E-state index in [-0.39, 0.29) is 12.2 Å². The summed E-state index contributed by atoms with van der Waals surface area (Å²) < 4.78 is 54.6. The van der Waals surface area contributed by atoms with Gasteiger partial charge in [0, 0.05) is 35.8 Å². The number of aromatic nitrogens is 2. The van der Waals surface area contributed by atoms with Gasteiger partial charge in [0.1, 0.15) is 11.4 Å². The molecule has 11 heteroatoms. The largest absolute Gasteiger partial charge is 0.495 e. The molecule has 0 atom stereocenters. The predicted molar refractivity (Wildman–Crippen MR) is 181 cm³/mol. The van der Waals surface area contributed by atoms with E-state index in [2.05, 4.69) is 45.3 Å². The number of oxazole rings is 1. The maximum Gasteiger partial charge on any atom is 0.394 e. The summed E-state index contributed by atoms with van der Waals surface area (Å²) in [5.74, 6) is 7.13. The lowest BCUT2D eigenvalue weighted by molar-refractivity contribution is -0.128. The molecule has 0 saturated carbocycles. The van der Waals surface area contributed by atoms with Gasteiger partial charge in [-0.05, 0) is 85.0 Å². The van der Waals surface area contributed by atoms with E-state index in [4.69, 9.17) is 9.15 Å². The number of carbonyl (C=O) groups excluding carboxylic acids is 1. The molecule has 3 aromatic carbocycles. The topological polar surface area (TPSA) is 81.3 Å². The number of fused-ring (bicyclic) bond motifs is 2. The second-order valence-corrected chi connectivity index (χ2v) is 15.6. The molecule has 0 amide bonds. The van der Waals surface area contributed by atoms with Gasteiger partial charge in [-0.1, -0.05) is 36.1 Å². The van der Waals surface area contributed by atoms with Gasteiger partial charge in [-0.2, -0.15) is 13.2 Å². The van der Waals surface area contributed by atoms with Crippen molar-refractivity contribution in [3.05, 3.63) is 83.5 Å². The number of benzene rings is 3. The number of nitrogens with zero attached hydrogens (tertiary/aromatic N) is 2. The summed E-state index contributed by atoms with van der Waals surface area (Å²) in [5, 5.41) is 8.03. The number of hydrogen-bond donors (Lipinski definition) is 2. The molecular formula is C36H34F3N4O3P. The summed E-state index contributed by atoms with van der Waals surface area (Å²) >= 11 is 0. The molecule has 1 aliphatic rings. The van der Waals surface area contributed by atoms with Crippen LogP contribution in [-0.4, -0.2) is 54.9 Å². The number of alkyl halides is 3. The smallest absolute Gasteiger partial charge is 0.394 e. The molecule has 0 unspecified atom stereocenters. The Kier molecular flexibility index (Phi) is 8.82. The van der Waals surface area contributed by atoms with Crippen LogP contribution in [0.2, 0.25) is 0 Å². The Morgan fingerprint density at radius 1 is 1.11 bits per heavy atom. The molecule has 7 nitrogen and oxygen atoms in total. The summed E-state index contributed by atoms with van der Waals surface area (Å²) in [7, 11) is 3.18. The van der Waals surface area contributed by atoms with Gasteiger partial charge in [-0.25, -0.2) is 9.78 Å². The van der Waals surface area contributed by atoms with E-state index in [1.165, 1.54) is 24.6 Å². The van der Waals surface area contributed by atoms with Crippen LogP contribution in [0.3, 0.4) is 0 Å². The van der Waals surface area contributed by atoms with Crippen molar-refractivity contribution in [1.82, 2.24) is 14.9 Å². The highest BCUT2D eigenvalue weighted by atomic mass is 31.2. The highest BCUT2D eigenvalue weighted by Gasteiger charge is 2.32. The van der Waals surface area contributed by atoms with Crippen molar-refractivity contribution in [2.24, 2.45) is 7.05 Å². The molecule has 2 N–H and O–H groups in total. The molecular weight excluding hydrogens is 624 g/mol. The predicted octanol–water partition coefficient (Wildman–Crippen LogP) is 6.69. The van der Waals surface area contributed by atoms with Gasteiger partial charge in [0.25, 0.3) is 0 Å². The van der Waals surface area contributed by atoms with Crippen molar-refractivity contribution < 1.29 is 27.1 Å². The number of ether oxygens (including phenoxy) is 1. The maximum absolute atomic E-state index is 13.9. The normalized spacial score (nSPS) is 13.1. The Hall–Kier alpha value is -4.67. The summed E-state index contributed by atoms with van der Waals surface area (Å²) in [4.78, 5) is 15.6. The summed E-state index contributed by atoms with van der Waals surface area (Å²) in [6.45, 7) is 3.53. The van der Waals surface area contributed by atoms with Gasteiger partial charge in [0.15, 0.2) is 12.2 Å². The maximum atomic E-state index is 13.9. The molecule has 0 aliphatic carbocycles. The van der Waals surface area contributed by atoms with Crippen molar-refractivity contribution in [3.8, 4) is 40.0 Å². The minimum Gasteiger partial charge on any atom is -0.495 e. The first kappa shape index (κ1) is 32.3. The van der Waals surface area contributed by atoms with Crippen molar-refractivity contribution >= 4 is 34.4 Å². The third-order valence-corrected chi connectivity index (χ3v) is 10.6. The van der Waals surface area contributed by atoms with Crippen LogP contribution in [0.15, 0.2) is 65.5 Å². The molecule has 3 heterocycles. The molecule has 0 radical (unpaired) electrons. The Labute approximate surface area is 271 Å². The molecule has 6 rings (SSSR count). The standard InChI is InChI=1S/C36H34F3N4O3P/c1-43-32-17-28(24-7-8-25-19-40-13-11-23(25)14-24)30(35-20-41-21-46-35)16-29(32)27(33(43)18-36(37,38)39)6-5-12-42-31-10-9-26(15-34(31)45-2)47(3,4)22-44/h7-10,14-17,20-21,40,42H,11-13,18-19H2,1-4H3. The second kappa shape index (κ2) is 12.8. The molecule has 0 spiro atoms. The van der Waals surface area contributed by atoms with Crippen molar-refractivity contribution in [2.45, 2.75) is 25.6 Å². The van der Waals surface area contributed by atoms with E-state index < -0.39 is 19.5 Å². The Morgan fingerprint density at radius 2 is 1.94 bits per heavy atom. The van der Waals surface area contributed by atoms with Crippen LogP contribution in [0.5, 0.6) is 5.75 Å². The number of hydrogen-bond acceptors (Lipinski definition) is 6. The average molecular weight is 659 g/mol. The Bertz CT molecular complexity index is 2110. The Morgan fingerprint density at radius 3 is 2.66 bits per heavy atom. The van der Waals surface area contributed by atoms with Gasteiger partial charge >= 0.3 is 6.18 Å². The van der Waals surface area contributed by atoms with Crippen LogP contribution < -0.4 is 20.7 Å². The van der Waals surface area contributed by atoms with Crippen molar-refractivity contribution in [3.63, 3.8) is 0 Å². The molecule has 5 aromatic rings. The third-order valence-electron chi connectivity index (χ3n) is 8.57. The van der Waals surface area contributed by atoms with E-state index in [1.807, 2.05) is 49.7 Å². The number of methoxy groups -OCH3 is 1. The van der Waals surface area contributed by atoms with E-state index in [1.54, 1.807) is 17.8 Å². The molecule has 47 heavy (non-hydrogen) atoms. The highest BCUT2D eigenvalue weighted by molar-refractivity contribution is 7.79. The lowest BCUT2D eigenvalue weighted by Gasteiger charge is -2.19. The van der Waals surface area contributed by atoms with Crippen LogP contribution in [0.1, 0.15) is 22.4 Å². The fourth-order valence-electron chi connectivity index (χ4n) is 6.01. The summed E-state index contributed by atoms with van der Waals surface area (Å²) in [6, 6.07) is 15.6. The number of anilines is 1. The third kappa shape index (κ3) is 6.61. The quantitative estimate of drug-likeness (QED) is 0.150. The minimum absolute atomic E-state index is 0.0791. The zero-order chi connectivity index (χ0) is 33.3. The number of rotatable bonds is 7. The lowest BCUT2D eigenvalue weighted by atomic mass is 9.91. The van der Waals surface area contributed by atoms with Crippen molar-refractivity contribution in [1.29, 1.82) is 0 Å². The van der Waals surface area contributed by atoms with Crippen LogP contribution in [0.25, 0.3) is 33.4 Å². The lowest BCUT2D eigenvalue weighted by Crippen LogP contribution is -2.23. The van der Waals surface area contributed by atoms with E-state index in [0.717, 1.165) is 41.5 Å². The van der Waals surface area contributed by atoms with Crippen LogP contribution in [-0.2, 0) is 31.2 Å². The number of aryl methyl sites for hydroxylation is 1. The monoisotopic (exact) mass is 658 g/mol. The molecule has 0 fully saturated rings. The zero-order valence-electron chi connectivity index (χ0n) is 26.5. The first-order valence-corrected chi connectivity index (χ1v) is 17.8. The zero-order valence-corrected chi connectivity index (χ0v) is 27.4. The minimum atomic E-state index is -4.44. The van der Waals surface area contributed by atoms with E-state index in [9.17, 15) is 18.0 Å². The SMILES string of the molecule is COc1cc(P(C)(C)=C=O)ccc1NCC#Cc1c(CC(F)(F)F)n(C)c2cc(-c3ccc4c(c3)CCNC4)c(-c3cnco3)cc12. The second-order valence-electron chi connectivity index (χ2n) is 11.9. The first-order valence-electron chi connectivity index (χ1n) is 15.1. The number of halogens is 3. The summed E-state index contributed by atoms with van der Waals surface area (Å²) in [6.07, 6.45) is -1.73. The molecule has 0 saturated heterocycles. The molecule has 1 aliphatic heterocycles. The van der Waals surface area contributed by atoms with Gasteiger partial charge in [-0.3, -0.25) is 0 Å². The Balaban J connectivity index is 1.43. The molecule has 242 valence electrons. The van der Waals surface area contributed by atoms with E-state index >= 15 is 0 Å². The van der Waals surface area contributed by atoms with Crippen molar-refractivity contribution in [2.75, 3.05) is 38.8 Å². The van der Waals surface area contributed by atoms with Gasteiger partial charge in [-0.15, -0.1) is 0 Å². The van der Waals surface area contributed by atoms with Gasteiger partial charge < -0.3 is 24.4 Å². The van der Waals surface area contributed by atoms with Crippen LogP contribution >= 0.6 is 6.89 Å². The average Bonchev–Trinajstić information content (AvgIpc) is 3.68. The fraction of sp³-hybridized carbons (Fsp3) is 0.278. The summed E-state index contributed by atoms with van der Waals surface area (Å²) in [5.41, 5.74) is 8.80. The van der Waals surface area contributed by atoms with Gasteiger partial charge in [0.05, 0.1) is 37.5 Å². The fourth-order valence-corrected chi connectivity index (χ4v) is 7.00. The first-order chi connectivity index (χ1) is 22.5. The van der Waals surface area contributed by atoms with E-state index in [0.29, 0.717) is 33.7 Å². The molecule has 0 bridgehead atoms. The van der Waals surface area contributed by atoms with Crippen LogP contribution in [0.4, 0.5) is 18.9 Å². The van der Waals surface area contributed by atoms with Crippen LogP contribution in [0, 0.1) is 11.8 Å². The van der Waals surface area contributed by atoms with Gasteiger partial charge in [0.2, 0.25) is 0 Å². The number of nitrogens with one attached hydrogen (secondary N) is 2. The molecule has 2 aromatic heterocycles.